The molecule has 0 spiro atoms. The molecule has 104 valence electrons. The van der Waals surface area contributed by atoms with Gasteiger partial charge in [0.05, 0.1) is 5.25 Å². The largest absolute Gasteiger partial charge is 0.458 e. The molecule has 0 saturated carbocycles. The van der Waals surface area contributed by atoms with Crippen LogP contribution in [0.1, 0.15) is 27.7 Å². The number of hydrogen-bond acceptors (Lipinski definition) is 4. The Bertz CT molecular complexity index is 434. The van der Waals surface area contributed by atoms with Crippen molar-refractivity contribution in [1.82, 2.24) is 0 Å². The lowest BCUT2D eigenvalue weighted by Gasteiger charge is -2.28. The van der Waals surface area contributed by atoms with Crippen LogP contribution in [-0.4, -0.2) is 23.6 Å². The smallest absolute Gasteiger partial charge is 0.303 e. The van der Waals surface area contributed by atoms with Gasteiger partial charge in [0.2, 0.25) is 0 Å². The first-order chi connectivity index (χ1) is 8.80. The molecule has 19 heavy (non-hydrogen) atoms. The molecule has 0 aromatic heterocycles. The molecule has 4 heteroatoms. The molecule has 0 amide bonds. The van der Waals surface area contributed by atoms with E-state index in [2.05, 4.69) is 0 Å². The van der Waals surface area contributed by atoms with Crippen molar-refractivity contribution in [3.05, 3.63) is 30.3 Å². The minimum atomic E-state index is -0.425. The molecule has 0 bridgehead atoms. The Balaban J connectivity index is 2.78. The SMILES string of the molecule is CC(=O)OCC(=O)C(Sc1ccccc1)C(C)(C)C. The van der Waals surface area contributed by atoms with Gasteiger partial charge in [-0.15, -0.1) is 11.8 Å². The molecule has 1 aromatic carbocycles. The number of hydrogen-bond donors (Lipinski definition) is 0. The van der Waals surface area contributed by atoms with E-state index in [1.165, 1.54) is 18.7 Å². The molecular weight excluding hydrogens is 260 g/mol. The van der Waals surface area contributed by atoms with Crippen LogP contribution in [0.15, 0.2) is 35.2 Å². The number of carbonyl (C=O) groups excluding carboxylic acids is 2. The summed E-state index contributed by atoms with van der Waals surface area (Å²) in [5.41, 5.74) is -0.197. The van der Waals surface area contributed by atoms with E-state index in [4.69, 9.17) is 4.74 Å². The van der Waals surface area contributed by atoms with Crippen molar-refractivity contribution in [2.24, 2.45) is 5.41 Å². The first-order valence-corrected chi connectivity index (χ1v) is 7.06. The van der Waals surface area contributed by atoms with Crippen molar-refractivity contribution in [1.29, 1.82) is 0 Å². The van der Waals surface area contributed by atoms with Gasteiger partial charge < -0.3 is 4.74 Å². The summed E-state index contributed by atoms with van der Waals surface area (Å²) in [7, 11) is 0. The molecule has 3 nitrogen and oxygen atoms in total. The van der Waals surface area contributed by atoms with E-state index in [9.17, 15) is 9.59 Å². The van der Waals surface area contributed by atoms with Crippen LogP contribution in [0, 0.1) is 5.41 Å². The van der Waals surface area contributed by atoms with Crippen molar-refractivity contribution in [2.45, 2.75) is 37.8 Å². The molecule has 0 aliphatic rings. The monoisotopic (exact) mass is 280 g/mol. The fraction of sp³-hybridized carbons (Fsp3) is 0.467. The fourth-order valence-electron chi connectivity index (χ4n) is 1.61. The Hall–Kier alpha value is -1.29. The first kappa shape index (κ1) is 15.8. The molecule has 1 atom stereocenters. The number of carbonyl (C=O) groups is 2. The van der Waals surface area contributed by atoms with Crippen LogP contribution in [0.3, 0.4) is 0 Å². The minimum Gasteiger partial charge on any atom is -0.458 e. The highest BCUT2D eigenvalue weighted by atomic mass is 32.2. The van der Waals surface area contributed by atoms with E-state index >= 15 is 0 Å². The van der Waals surface area contributed by atoms with Crippen molar-refractivity contribution in [3.63, 3.8) is 0 Å². The Morgan fingerprint density at radius 1 is 1.21 bits per heavy atom. The van der Waals surface area contributed by atoms with Gasteiger partial charge in [-0.05, 0) is 17.5 Å². The van der Waals surface area contributed by atoms with Crippen molar-refractivity contribution in [3.8, 4) is 0 Å². The number of thioether (sulfide) groups is 1. The Morgan fingerprint density at radius 3 is 2.26 bits per heavy atom. The Morgan fingerprint density at radius 2 is 1.79 bits per heavy atom. The van der Waals surface area contributed by atoms with Crippen molar-refractivity contribution < 1.29 is 14.3 Å². The maximum absolute atomic E-state index is 12.2. The summed E-state index contributed by atoms with van der Waals surface area (Å²) < 4.78 is 4.82. The van der Waals surface area contributed by atoms with Gasteiger partial charge in [-0.2, -0.15) is 0 Å². The number of benzene rings is 1. The average Bonchev–Trinajstić information content (AvgIpc) is 2.33. The molecule has 0 N–H and O–H groups in total. The summed E-state index contributed by atoms with van der Waals surface area (Å²) in [6.07, 6.45) is 0. The zero-order valence-electron chi connectivity index (χ0n) is 11.8. The third kappa shape index (κ3) is 5.47. The highest BCUT2D eigenvalue weighted by Gasteiger charge is 2.32. The number of Topliss-reactive ketones (excluding diaryl/α,β-unsaturated/α-hetero) is 1. The standard InChI is InChI=1S/C15H20O3S/c1-11(16)18-10-13(17)14(15(2,3)4)19-12-8-6-5-7-9-12/h5-9,14H,10H2,1-4H3. The normalized spacial score (nSPS) is 12.8. The minimum absolute atomic E-state index is 0.0587. The number of ether oxygens (including phenoxy) is 1. The van der Waals surface area contributed by atoms with Crippen LogP contribution in [0.4, 0.5) is 0 Å². The number of ketones is 1. The fourth-order valence-corrected chi connectivity index (χ4v) is 2.75. The molecule has 0 saturated heterocycles. The molecule has 1 rings (SSSR count). The zero-order chi connectivity index (χ0) is 14.5. The maximum atomic E-state index is 12.2. The van der Waals surface area contributed by atoms with Gasteiger partial charge in [-0.25, -0.2) is 0 Å². The summed E-state index contributed by atoms with van der Waals surface area (Å²) in [6, 6.07) is 9.78. The second kappa shape index (κ2) is 6.75. The summed E-state index contributed by atoms with van der Waals surface area (Å²) in [6.45, 7) is 7.19. The van der Waals surface area contributed by atoms with E-state index in [0.717, 1.165) is 4.90 Å². The predicted molar refractivity (Wildman–Crippen MR) is 77.2 cm³/mol. The highest BCUT2D eigenvalue weighted by Crippen LogP contribution is 2.35. The molecule has 0 aliphatic heterocycles. The third-order valence-corrected chi connectivity index (χ3v) is 4.24. The molecule has 1 aromatic rings. The summed E-state index contributed by atoms with van der Waals surface area (Å²) >= 11 is 1.51. The van der Waals surface area contributed by atoms with Gasteiger partial charge in [0.25, 0.3) is 0 Å². The quantitative estimate of drug-likeness (QED) is 0.613. The van der Waals surface area contributed by atoms with E-state index in [0.29, 0.717) is 0 Å². The zero-order valence-corrected chi connectivity index (χ0v) is 12.6. The van der Waals surface area contributed by atoms with Crippen molar-refractivity contribution >= 4 is 23.5 Å². The summed E-state index contributed by atoms with van der Waals surface area (Å²) in [5, 5.41) is -0.241. The van der Waals surface area contributed by atoms with Gasteiger partial charge in [0, 0.05) is 11.8 Å². The second-order valence-electron chi connectivity index (χ2n) is 5.42. The topological polar surface area (TPSA) is 43.4 Å². The third-order valence-electron chi connectivity index (χ3n) is 2.49. The van der Waals surface area contributed by atoms with Crippen LogP contribution in [0.5, 0.6) is 0 Å². The van der Waals surface area contributed by atoms with E-state index < -0.39 is 5.97 Å². The number of rotatable bonds is 5. The Kier molecular flexibility index (Phi) is 5.60. The maximum Gasteiger partial charge on any atom is 0.303 e. The van der Waals surface area contributed by atoms with Gasteiger partial charge in [-0.3, -0.25) is 9.59 Å². The number of esters is 1. The molecule has 0 heterocycles. The van der Waals surface area contributed by atoms with E-state index in [1.807, 2.05) is 51.1 Å². The Labute approximate surface area is 118 Å². The van der Waals surface area contributed by atoms with Crippen LogP contribution >= 0.6 is 11.8 Å². The van der Waals surface area contributed by atoms with Crippen LogP contribution in [0.25, 0.3) is 0 Å². The van der Waals surface area contributed by atoms with Gasteiger partial charge in [-0.1, -0.05) is 39.0 Å². The molecule has 0 fully saturated rings. The van der Waals surface area contributed by atoms with Crippen molar-refractivity contribution in [2.75, 3.05) is 6.61 Å². The lowest BCUT2D eigenvalue weighted by molar-refractivity contribution is -0.146. The second-order valence-corrected chi connectivity index (χ2v) is 6.60. The molecule has 1 unspecified atom stereocenters. The summed E-state index contributed by atoms with van der Waals surface area (Å²) in [5.74, 6) is -0.484. The molecular formula is C15H20O3S. The predicted octanol–water partition coefficient (Wildman–Crippen LogP) is 3.33. The summed E-state index contributed by atoms with van der Waals surface area (Å²) in [4.78, 5) is 24.0. The van der Waals surface area contributed by atoms with Crippen LogP contribution < -0.4 is 0 Å². The van der Waals surface area contributed by atoms with Crippen LogP contribution in [0.2, 0.25) is 0 Å². The van der Waals surface area contributed by atoms with Crippen LogP contribution in [-0.2, 0) is 14.3 Å². The van der Waals surface area contributed by atoms with E-state index in [1.54, 1.807) is 0 Å². The molecule has 0 aliphatic carbocycles. The lowest BCUT2D eigenvalue weighted by Crippen LogP contribution is -2.34. The van der Waals surface area contributed by atoms with Gasteiger partial charge in [0.15, 0.2) is 12.4 Å². The first-order valence-electron chi connectivity index (χ1n) is 6.18. The van der Waals surface area contributed by atoms with Gasteiger partial charge >= 0.3 is 5.97 Å². The lowest BCUT2D eigenvalue weighted by atomic mass is 9.89. The average molecular weight is 280 g/mol. The highest BCUT2D eigenvalue weighted by molar-refractivity contribution is 8.00. The van der Waals surface area contributed by atoms with E-state index in [-0.39, 0.29) is 23.1 Å². The molecule has 0 radical (unpaired) electrons. The van der Waals surface area contributed by atoms with Gasteiger partial charge in [0.1, 0.15) is 0 Å².